The molecule has 0 radical (unpaired) electrons. The van der Waals surface area contributed by atoms with Crippen molar-refractivity contribution in [3.8, 4) is 5.75 Å². The van der Waals surface area contributed by atoms with Crippen molar-refractivity contribution in [1.29, 1.82) is 0 Å². The number of halogens is 3. The van der Waals surface area contributed by atoms with Crippen LogP contribution in [0.4, 0.5) is 0 Å². The first-order valence-corrected chi connectivity index (χ1v) is 5.54. The average molecular weight is 265 g/mol. The second kappa shape index (κ2) is 4.12. The number of alkyl halides is 1. The molecule has 2 rings (SSSR count). The zero-order valence-electron chi connectivity index (χ0n) is 7.85. The average Bonchev–Trinajstić information content (AvgIpc) is 2.54. The van der Waals surface area contributed by atoms with E-state index in [0.29, 0.717) is 15.8 Å². The summed E-state index contributed by atoms with van der Waals surface area (Å²) in [5.74, 6) is 0.628. The molecule has 0 aliphatic carbocycles. The molecule has 1 atom stereocenters. The summed E-state index contributed by atoms with van der Waals surface area (Å²) in [7, 11) is 0. The molecule has 15 heavy (non-hydrogen) atoms. The van der Waals surface area contributed by atoms with Gasteiger partial charge >= 0.3 is 0 Å². The van der Waals surface area contributed by atoms with Gasteiger partial charge in [-0.25, -0.2) is 0 Å². The van der Waals surface area contributed by atoms with Crippen LogP contribution in [0.2, 0.25) is 10.0 Å². The number of aromatic amines is 1. The molecule has 0 saturated heterocycles. The maximum Gasteiger partial charge on any atom is 0.169 e. The molecule has 0 bridgehead atoms. The van der Waals surface area contributed by atoms with E-state index in [4.69, 9.17) is 39.5 Å². The fourth-order valence-corrected chi connectivity index (χ4v) is 1.97. The molecule has 5 heteroatoms. The molecule has 1 heterocycles. The lowest BCUT2D eigenvalue weighted by Crippen LogP contribution is -2.02. The maximum atomic E-state index is 6.02. The van der Waals surface area contributed by atoms with Gasteiger partial charge in [-0.3, -0.25) is 0 Å². The van der Waals surface area contributed by atoms with E-state index in [1.165, 1.54) is 0 Å². The van der Waals surface area contributed by atoms with Crippen molar-refractivity contribution < 1.29 is 4.74 Å². The minimum atomic E-state index is -0.416. The number of hydrogen-bond acceptors (Lipinski definition) is 1. The molecule has 1 aromatic carbocycles. The van der Waals surface area contributed by atoms with E-state index < -0.39 is 5.56 Å². The van der Waals surface area contributed by atoms with E-state index in [-0.39, 0.29) is 0 Å². The quantitative estimate of drug-likeness (QED) is 0.797. The SMILES string of the molecule is CC(Cl)Oc1ccc(Cl)c2[nH]cc(Cl)c12. The fraction of sp³-hybridized carbons (Fsp3) is 0.200. The Labute approximate surface area is 102 Å². The topological polar surface area (TPSA) is 25.0 Å². The molecule has 2 aromatic rings. The van der Waals surface area contributed by atoms with E-state index in [2.05, 4.69) is 4.98 Å². The van der Waals surface area contributed by atoms with Gasteiger partial charge in [0.2, 0.25) is 0 Å². The molecule has 0 amide bonds. The van der Waals surface area contributed by atoms with Gasteiger partial charge in [-0.2, -0.15) is 0 Å². The highest BCUT2D eigenvalue weighted by Gasteiger charge is 2.12. The second-order valence-electron chi connectivity index (χ2n) is 3.09. The summed E-state index contributed by atoms with van der Waals surface area (Å²) in [4.78, 5) is 2.98. The minimum absolute atomic E-state index is 0.416. The van der Waals surface area contributed by atoms with Crippen molar-refractivity contribution in [3.05, 3.63) is 28.4 Å². The van der Waals surface area contributed by atoms with Gasteiger partial charge in [0.1, 0.15) is 5.75 Å². The van der Waals surface area contributed by atoms with Crippen LogP contribution in [-0.4, -0.2) is 10.5 Å². The predicted octanol–water partition coefficient (Wildman–Crippen LogP) is 4.44. The van der Waals surface area contributed by atoms with Gasteiger partial charge in [-0.15, -0.1) is 0 Å². The lowest BCUT2D eigenvalue weighted by atomic mass is 10.2. The Morgan fingerprint density at radius 1 is 1.27 bits per heavy atom. The number of benzene rings is 1. The van der Waals surface area contributed by atoms with E-state index in [1.807, 2.05) is 0 Å². The zero-order valence-corrected chi connectivity index (χ0v) is 10.1. The number of nitrogens with one attached hydrogen (secondary N) is 1. The molecule has 0 saturated carbocycles. The van der Waals surface area contributed by atoms with Crippen LogP contribution in [0.25, 0.3) is 10.9 Å². The number of fused-ring (bicyclic) bond motifs is 1. The van der Waals surface area contributed by atoms with Crippen molar-refractivity contribution >= 4 is 45.7 Å². The van der Waals surface area contributed by atoms with Crippen LogP contribution in [0.1, 0.15) is 6.92 Å². The highest BCUT2D eigenvalue weighted by molar-refractivity contribution is 6.40. The van der Waals surface area contributed by atoms with Gasteiger partial charge in [0.15, 0.2) is 5.56 Å². The fourth-order valence-electron chi connectivity index (χ4n) is 1.42. The molecule has 1 aromatic heterocycles. The summed E-state index contributed by atoms with van der Waals surface area (Å²) >= 11 is 17.8. The van der Waals surface area contributed by atoms with Crippen molar-refractivity contribution in [2.24, 2.45) is 0 Å². The standard InChI is InChI=1S/C10H8Cl3NO/c1-5(11)15-8-3-2-6(12)10-9(8)7(13)4-14-10/h2-5,14H,1H3. The first-order valence-electron chi connectivity index (χ1n) is 4.35. The highest BCUT2D eigenvalue weighted by atomic mass is 35.5. The largest absolute Gasteiger partial charge is 0.474 e. The van der Waals surface area contributed by atoms with Gasteiger partial charge in [0.25, 0.3) is 0 Å². The van der Waals surface area contributed by atoms with Crippen LogP contribution < -0.4 is 4.74 Å². The second-order valence-corrected chi connectivity index (χ2v) is 4.52. The van der Waals surface area contributed by atoms with Gasteiger partial charge in [-0.1, -0.05) is 34.8 Å². The molecule has 80 valence electrons. The number of aromatic nitrogens is 1. The summed E-state index contributed by atoms with van der Waals surface area (Å²) in [6, 6.07) is 3.49. The van der Waals surface area contributed by atoms with Gasteiger partial charge in [0.05, 0.1) is 20.9 Å². The molecule has 1 N–H and O–H groups in total. The third-order valence-electron chi connectivity index (χ3n) is 1.99. The van der Waals surface area contributed by atoms with Crippen LogP contribution in [0, 0.1) is 0 Å². The monoisotopic (exact) mass is 263 g/mol. The van der Waals surface area contributed by atoms with Gasteiger partial charge in [-0.05, 0) is 19.1 Å². The Morgan fingerprint density at radius 2 is 2.00 bits per heavy atom. The third kappa shape index (κ3) is 2.03. The van der Waals surface area contributed by atoms with Crippen molar-refractivity contribution in [2.75, 3.05) is 0 Å². The van der Waals surface area contributed by atoms with Crippen LogP contribution in [0.15, 0.2) is 18.3 Å². The van der Waals surface area contributed by atoms with Crippen LogP contribution in [-0.2, 0) is 0 Å². The smallest absolute Gasteiger partial charge is 0.169 e. The molecule has 0 spiro atoms. The summed E-state index contributed by atoms with van der Waals surface area (Å²) in [5, 5.41) is 1.93. The number of hydrogen-bond donors (Lipinski definition) is 1. The van der Waals surface area contributed by atoms with Crippen molar-refractivity contribution in [3.63, 3.8) is 0 Å². The third-order valence-corrected chi connectivity index (χ3v) is 2.69. The van der Waals surface area contributed by atoms with Crippen molar-refractivity contribution in [1.82, 2.24) is 4.98 Å². The first-order chi connectivity index (χ1) is 7.09. The summed E-state index contributed by atoms with van der Waals surface area (Å²) in [6.07, 6.45) is 1.67. The molecule has 1 unspecified atom stereocenters. The van der Waals surface area contributed by atoms with Crippen LogP contribution in [0.5, 0.6) is 5.75 Å². The van der Waals surface area contributed by atoms with Gasteiger partial charge in [0, 0.05) is 6.20 Å². The molecule has 0 aliphatic heterocycles. The van der Waals surface area contributed by atoms with E-state index >= 15 is 0 Å². The number of rotatable bonds is 2. The molecular formula is C10H8Cl3NO. The van der Waals surface area contributed by atoms with Crippen LogP contribution >= 0.6 is 34.8 Å². The summed E-state index contributed by atoms with van der Waals surface area (Å²) in [6.45, 7) is 1.74. The highest BCUT2D eigenvalue weighted by Crippen LogP contribution is 2.36. The molecule has 0 fully saturated rings. The first kappa shape index (κ1) is 10.9. The van der Waals surface area contributed by atoms with Gasteiger partial charge < -0.3 is 9.72 Å². The Hall–Kier alpha value is -0.570. The van der Waals surface area contributed by atoms with E-state index in [1.54, 1.807) is 25.3 Å². The normalized spacial score (nSPS) is 13.1. The Kier molecular flexibility index (Phi) is 3.01. The van der Waals surface area contributed by atoms with E-state index in [9.17, 15) is 0 Å². The lowest BCUT2D eigenvalue weighted by Gasteiger charge is -2.09. The number of H-pyrrole nitrogens is 1. The summed E-state index contributed by atoms with van der Waals surface area (Å²) < 4.78 is 5.42. The maximum absolute atomic E-state index is 6.02. The lowest BCUT2D eigenvalue weighted by molar-refractivity contribution is 0.305. The summed E-state index contributed by atoms with van der Waals surface area (Å²) in [5.41, 5.74) is 0.344. The predicted molar refractivity (Wildman–Crippen MR) is 64.3 cm³/mol. The Balaban J connectivity index is 2.64. The van der Waals surface area contributed by atoms with Crippen LogP contribution in [0.3, 0.4) is 0 Å². The molecular weight excluding hydrogens is 256 g/mol. The Morgan fingerprint density at radius 3 is 2.67 bits per heavy atom. The zero-order chi connectivity index (χ0) is 11.0. The molecule has 0 aliphatic rings. The minimum Gasteiger partial charge on any atom is -0.474 e. The van der Waals surface area contributed by atoms with Crippen molar-refractivity contribution in [2.45, 2.75) is 12.5 Å². The molecule has 2 nitrogen and oxygen atoms in total. The Bertz CT molecular complexity index is 493. The number of ether oxygens (including phenoxy) is 1. The van der Waals surface area contributed by atoms with E-state index in [0.717, 1.165) is 10.9 Å².